The van der Waals surface area contributed by atoms with Crippen LogP contribution in [0.1, 0.15) is 0 Å². The van der Waals surface area contributed by atoms with Crippen LogP contribution in [-0.2, 0) is 0 Å². The molecule has 1 heterocycles. The van der Waals surface area contributed by atoms with Crippen molar-refractivity contribution in [1.82, 2.24) is 5.32 Å². The first-order valence-electron chi connectivity index (χ1n) is 6.21. The van der Waals surface area contributed by atoms with E-state index in [9.17, 15) is 0 Å². The minimum Gasteiger partial charge on any atom is -0.484 e. The summed E-state index contributed by atoms with van der Waals surface area (Å²) in [6.07, 6.45) is 0.229. The molecular formula is C15H14BrNO2. The van der Waals surface area contributed by atoms with Crippen molar-refractivity contribution >= 4 is 15.9 Å². The van der Waals surface area contributed by atoms with Crippen molar-refractivity contribution in [2.75, 3.05) is 13.1 Å². The summed E-state index contributed by atoms with van der Waals surface area (Å²) in [5.74, 6) is 2.31. The number of benzene rings is 2. The zero-order valence-corrected chi connectivity index (χ0v) is 11.9. The lowest BCUT2D eigenvalue weighted by molar-refractivity contribution is 0.138. The van der Waals surface area contributed by atoms with Crippen LogP contribution < -0.4 is 14.8 Å². The Hall–Kier alpha value is -1.52. The quantitative estimate of drug-likeness (QED) is 0.934. The Balaban J connectivity index is 1.82. The van der Waals surface area contributed by atoms with Gasteiger partial charge in [0.1, 0.15) is 11.9 Å². The van der Waals surface area contributed by atoms with Gasteiger partial charge in [0.15, 0.2) is 11.5 Å². The standard InChI is InChI=1S/C15H14BrNO2/c16-11-6-7-14(18-12-4-2-1-3-5-12)15(8-11)19-13-9-17-10-13/h1-8,13,17H,9-10H2. The molecule has 1 aliphatic heterocycles. The maximum Gasteiger partial charge on any atom is 0.169 e. The fourth-order valence-electron chi connectivity index (χ4n) is 1.80. The SMILES string of the molecule is Brc1ccc(Oc2ccccc2)c(OC2CNC2)c1. The van der Waals surface area contributed by atoms with Crippen molar-refractivity contribution < 1.29 is 9.47 Å². The van der Waals surface area contributed by atoms with Gasteiger partial charge in [0.05, 0.1) is 0 Å². The Kier molecular flexibility index (Phi) is 3.71. The Bertz CT molecular complexity index is 555. The molecule has 0 aromatic heterocycles. The molecule has 3 nitrogen and oxygen atoms in total. The molecule has 0 atom stereocenters. The first-order chi connectivity index (χ1) is 9.31. The highest BCUT2D eigenvalue weighted by atomic mass is 79.9. The highest BCUT2D eigenvalue weighted by Crippen LogP contribution is 2.34. The van der Waals surface area contributed by atoms with E-state index >= 15 is 0 Å². The molecule has 3 rings (SSSR count). The number of halogens is 1. The summed E-state index contributed by atoms with van der Waals surface area (Å²) in [6, 6.07) is 15.5. The molecule has 2 aromatic rings. The second-order valence-electron chi connectivity index (χ2n) is 4.40. The minimum absolute atomic E-state index is 0.229. The van der Waals surface area contributed by atoms with E-state index in [1.807, 2.05) is 48.5 Å². The number of para-hydroxylation sites is 1. The van der Waals surface area contributed by atoms with Crippen molar-refractivity contribution in [1.29, 1.82) is 0 Å². The van der Waals surface area contributed by atoms with Gasteiger partial charge in [0, 0.05) is 17.6 Å². The summed E-state index contributed by atoms with van der Waals surface area (Å²) in [5, 5.41) is 3.19. The van der Waals surface area contributed by atoms with E-state index in [1.54, 1.807) is 0 Å². The lowest BCUT2D eigenvalue weighted by atomic mass is 10.2. The van der Waals surface area contributed by atoms with Gasteiger partial charge in [-0.15, -0.1) is 0 Å². The van der Waals surface area contributed by atoms with Crippen LogP contribution in [0.25, 0.3) is 0 Å². The third kappa shape index (κ3) is 3.08. The van der Waals surface area contributed by atoms with E-state index in [-0.39, 0.29) is 6.10 Å². The summed E-state index contributed by atoms with van der Waals surface area (Å²) in [4.78, 5) is 0. The third-order valence-electron chi connectivity index (χ3n) is 2.91. The van der Waals surface area contributed by atoms with Gasteiger partial charge in [-0.05, 0) is 30.3 Å². The molecule has 0 radical (unpaired) electrons. The van der Waals surface area contributed by atoms with E-state index in [1.165, 1.54) is 0 Å². The molecule has 1 fully saturated rings. The lowest BCUT2D eigenvalue weighted by Crippen LogP contribution is -2.50. The van der Waals surface area contributed by atoms with Crippen molar-refractivity contribution in [3.8, 4) is 17.2 Å². The van der Waals surface area contributed by atoms with Crippen LogP contribution in [0, 0.1) is 0 Å². The maximum absolute atomic E-state index is 5.92. The van der Waals surface area contributed by atoms with Crippen LogP contribution in [-0.4, -0.2) is 19.2 Å². The number of ether oxygens (including phenoxy) is 2. The number of hydrogen-bond donors (Lipinski definition) is 1. The molecule has 1 N–H and O–H groups in total. The molecule has 19 heavy (non-hydrogen) atoms. The van der Waals surface area contributed by atoms with Crippen LogP contribution in [0.4, 0.5) is 0 Å². The van der Waals surface area contributed by atoms with E-state index in [0.717, 1.165) is 34.8 Å². The van der Waals surface area contributed by atoms with Crippen LogP contribution >= 0.6 is 15.9 Å². The van der Waals surface area contributed by atoms with Gasteiger partial charge in [-0.25, -0.2) is 0 Å². The predicted octanol–water partition coefficient (Wildman–Crippen LogP) is 3.59. The fraction of sp³-hybridized carbons (Fsp3) is 0.200. The van der Waals surface area contributed by atoms with Crippen molar-refractivity contribution in [2.24, 2.45) is 0 Å². The number of rotatable bonds is 4. The first kappa shape index (κ1) is 12.5. The molecule has 0 bridgehead atoms. The average molecular weight is 320 g/mol. The normalized spacial score (nSPS) is 14.8. The van der Waals surface area contributed by atoms with Crippen molar-refractivity contribution in [3.05, 3.63) is 53.0 Å². The molecule has 4 heteroatoms. The Morgan fingerprint density at radius 2 is 1.79 bits per heavy atom. The Morgan fingerprint density at radius 1 is 1.00 bits per heavy atom. The molecule has 0 aliphatic carbocycles. The fourth-order valence-corrected chi connectivity index (χ4v) is 2.14. The van der Waals surface area contributed by atoms with Gasteiger partial charge < -0.3 is 14.8 Å². The topological polar surface area (TPSA) is 30.5 Å². The molecule has 1 aliphatic rings. The highest BCUT2D eigenvalue weighted by Gasteiger charge is 2.20. The number of nitrogens with one attached hydrogen (secondary N) is 1. The minimum atomic E-state index is 0.229. The highest BCUT2D eigenvalue weighted by molar-refractivity contribution is 9.10. The Labute approximate surface area is 120 Å². The second kappa shape index (κ2) is 5.63. The van der Waals surface area contributed by atoms with Gasteiger partial charge in [0.2, 0.25) is 0 Å². The summed E-state index contributed by atoms with van der Waals surface area (Å²) in [7, 11) is 0. The van der Waals surface area contributed by atoms with E-state index < -0.39 is 0 Å². The van der Waals surface area contributed by atoms with Crippen LogP contribution in [0.5, 0.6) is 17.2 Å². The lowest BCUT2D eigenvalue weighted by Gasteiger charge is -2.28. The van der Waals surface area contributed by atoms with Crippen LogP contribution in [0.15, 0.2) is 53.0 Å². The van der Waals surface area contributed by atoms with E-state index in [2.05, 4.69) is 21.2 Å². The summed E-state index contributed by atoms with van der Waals surface area (Å²) < 4.78 is 12.8. The van der Waals surface area contributed by atoms with Gasteiger partial charge in [-0.2, -0.15) is 0 Å². The third-order valence-corrected chi connectivity index (χ3v) is 3.41. The first-order valence-corrected chi connectivity index (χ1v) is 7.00. The zero-order chi connectivity index (χ0) is 13.1. The van der Waals surface area contributed by atoms with Gasteiger partial charge in [-0.1, -0.05) is 34.1 Å². The van der Waals surface area contributed by atoms with E-state index in [4.69, 9.17) is 9.47 Å². The Morgan fingerprint density at radius 3 is 2.47 bits per heavy atom. The van der Waals surface area contributed by atoms with Gasteiger partial charge in [0.25, 0.3) is 0 Å². The second-order valence-corrected chi connectivity index (χ2v) is 5.32. The molecule has 98 valence electrons. The molecule has 0 unspecified atom stereocenters. The van der Waals surface area contributed by atoms with E-state index in [0.29, 0.717) is 0 Å². The average Bonchev–Trinajstić information content (AvgIpc) is 2.38. The molecule has 1 saturated heterocycles. The molecule has 2 aromatic carbocycles. The molecular weight excluding hydrogens is 306 g/mol. The largest absolute Gasteiger partial charge is 0.484 e. The summed E-state index contributed by atoms with van der Waals surface area (Å²) >= 11 is 3.46. The molecule has 0 amide bonds. The summed E-state index contributed by atoms with van der Waals surface area (Å²) in [6.45, 7) is 1.77. The monoisotopic (exact) mass is 319 g/mol. The predicted molar refractivity (Wildman–Crippen MR) is 77.9 cm³/mol. The van der Waals surface area contributed by atoms with Crippen LogP contribution in [0.3, 0.4) is 0 Å². The number of hydrogen-bond acceptors (Lipinski definition) is 3. The van der Waals surface area contributed by atoms with Crippen molar-refractivity contribution in [2.45, 2.75) is 6.10 Å². The maximum atomic E-state index is 5.92. The molecule has 0 saturated carbocycles. The smallest absolute Gasteiger partial charge is 0.169 e. The zero-order valence-electron chi connectivity index (χ0n) is 10.3. The van der Waals surface area contributed by atoms with Crippen molar-refractivity contribution in [3.63, 3.8) is 0 Å². The van der Waals surface area contributed by atoms with Gasteiger partial charge in [-0.3, -0.25) is 0 Å². The van der Waals surface area contributed by atoms with Gasteiger partial charge >= 0.3 is 0 Å². The molecule has 0 spiro atoms. The van der Waals surface area contributed by atoms with Crippen LogP contribution in [0.2, 0.25) is 0 Å². The summed E-state index contributed by atoms with van der Waals surface area (Å²) in [5.41, 5.74) is 0.